The Morgan fingerprint density at radius 1 is 1.19 bits per heavy atom. The molecule has 1 aliphatic heterocycles. The lowest BCUT2D eigenvalue weighted by molar-refractivity contribution is -0.120. The molecule has 82 valence electrons. The van der Waals surface area contributed by atoms with E-state index in [0.29, 0.717) is 12.4 Å². The quantitative estimate of drug-likeness (QED) is 0.773. The average Bonchev–Trinajstić information content (AvgIpc) is 2.97. The fraction of sp³-hybridized carbons (Fsp3) is 0.357. The van der Waals surface area contributed by atoms with Crippen LogP contribution >= 0.6 is 0 Å². The van der Waals surface area contributed by atoms with Crippen LogP contribution in [0.1, 0.15) is 24.8 Å². The number of ketones is 1. The monoisotopic (exact) mass is 214 g/mol. The van der Waals surface area contributed by atoms with Crippen molar-refractivity contribution in [3.05, 3.63) is 47.7 Å². The summed E-state index contributed by atoms with van der Waals surface area (Å²) in [5.41, 5.74) is 0.869. The van der Waals surface area contributed by atoms with Gasteiger partial charge in [-0.2, -0.15) is 0 Å². The summed E-state index contributed by atoms with van der Waals surface area (Å²) < 4.78 is 5.37. The molecule has 0 atom stereocenters. The van der Waals surface area contributed by atoms with E-state index in [1.807, 2.05) is 36.4 Å². The normalized spacial score (nSPS) is 21.1. The lowest BCUT2D eigenvalue weighted by atomic mass is 9.90. The Bertz CT molecular complexity index is 441. The van der Waals surface area contributed by atoms with Gasteiger partial charge in [-0.25, -0.2) is 0 Å². The summed E-state index contributed by atoms with van der Waals surface area (Å²) in [7, 11) is 0. The van der Waals surface area contributed by atoms with Crippen molar-refractivity contribution >= 4 is 5.78 Å². The van der Waals surface area contributed by atoms with Crippen LogP contribution in [0, 0.1) is 0 Å². The van der Waals surface area contributed by atoms with E-state index in [-0.39, 0.29) is 11.2 Å². The molecule has 0 saturated heterocycles. The maximum absolute atomic E-state index is 12.3. The van der Waals surface area contributed by atoms with E-state index in [1.165, 1.54) is 0 Å². The van der Waals surface area contributed by atoms with Gasteiger partial charge in [0.05, 0.1) is 12.0 Å². The van der Waals surface area contributed by atoms with Gasteiger partial charge in [0, 0.05) is 6.42 Å². The highest BCUT2D eigenvalue weighted by Crippen LogP contribution is 2.50. The molecule has 3 rings (SSSR count). The number of rotatable bonds is 3. The van der Waals surface area contributed by atoms with E-state index in [9.17, 15) is 4.79 Å². The molecule has 0 radical (unpaired) electrons. The molecule has 0 aromatic heterocycles. The fourth-order valence-electron chi connectivity index (χ4n) is 2.34. The van der Waals surface area contributed by atoms with E-state index in [4.69, 9.17) is 4.74 Å². The molecule has 1 aromatic rings. The number of benzene rings is 1. The van der Waals surface area contributed by atoms with Crippen molar-refractivity contribution in [3.8, 4) is 0 Å². The van der Waals surface area contributed by atoms with Gasteiger partial charge in [0.25, 0.3) is 0 Å². The van der Waals surface area contributed by atoms with Crippen LogP contribution in [0.15, 0.2) is 42.2 Å². The van der Waals surface area contributed by atoms with Crippen LogP contribution < -0.4 is 0 Å². The lowest BCUT2D eigenvalue weighted by Gasteiger charge is -2.14. The van der Waals surface area contributed by atoms with Gasteiger partial charge in [-0.3, -0.25) is 4.79 Å². The highest BCUT2D eigenvalue weighted by molar-refractivity contribution is 6.04. The van der Waals surface area contributed by atoms with Crippen LogP contribution in [-0.4, -0.2) is 12.4 Å². The molecule has 16 heavy (non-hydrogen) atoms. The van der Waals surface area contributed by atoms with Gasteiger partial charge in [-0.05, 0) is 24.5 Å². The molecular weight excluding hydrogens is 200 g/mol. The molecule has 1 aliphatic carbocycles. The molecule has 0 amide bonds. The van der Waals surface area contributed by atoms with Crippen LogP contribution in [0.2, 0.25) is 0 Å². The summed E-state index contributed by atoms with van der Waals surface area (Å²) >= 11 is 0. The van der Waals surface area contributed by atoms with Crippen molar-refractivity contribution in [2.45, 2.75) is 24.7 Å². The Morgan fingerprint density at radius 2 is 1.94 bits per heavy atom. The van der Waals surface area contributed by atoms with E-state index >= 15 is 0 Å². The fourth-order valence-corrected chi connectivity index (χ4v) is 2.34. The minimum absolute atomic E-state index is 0.177. The molecule has 0 unspecified atom stereocenters. The molecule has 1 saturated carbocycles. The number of carbonyl (C=O) groups excluding carboxylic acids is 1. The Morgan fingerprint density at radius 3 is 2.50 bits per heavy atom. The number of carbonyl (C=O) groups is 1. The van der Waals surface area contributed by atoms with Crippen LogP contribution in [0.3, 0.4) is 0 Å². The van der Waals surface area contributed by atoms with Crippen molar-refractivity contribution < 1.29 is 9.53 Å². The summed E-state index contributed by atoms with van der Waals surface area (Å²) in [6, 6.07) is 10.1. The van der Waals surface area contributed by atoms with Crippen molar-refractivity contribution in [1.82, 2.24) is 0 Å². The zero-order valence-corrected chi connectivity index (χ0v) is 9.11. The minimum atomic E-state index is -0.266. The molecule has 0 spiro atoms. The third-order valence-corrected chi connectivity index (χ3v) is 3.44. The summed E-state index contributed by atoms with van der Waals surface area (Å²) in [6.45, 7) is 0.659. The summed E-state index contributed by atoms with van der Waals surface area (Å²) in [5.74, 6) is 0.762. The molecule has 2 nitrogen and oxygen atoms in total. The summed E-state index contributed by atoms with van der Waals surface area (Å²) in [4.78, 5) is 12.3. The third-order valence-electron chi connectivity index (χ3n) is 3.44. The first-order valence-corrected chi connectivity index (χ1v) is 5.76. The summed E-state index contributed by atoms with van der Waals surface area (Å²) in [6.07, 6.45) is 4.70. The zero-order chi connectivity index (χ0) is 11.0. The maximum atomic E-state index is 12.3. The predicted octanol–water partition coefficient (Wildman–Crippen LogP) is 2.59. The SMILES string of the molecule is O=C(C1=CCCO1)C1(c2ccccc2)CC1. The van der Waals surface area contributed by atoms with Crippen LogP contribution in [0.5, 0.6) is 0 Å². The first kappa shape index (κ1) is 9.64. The van der Waals surface area contributed by atoms with E-state index < -0.39 is 0 Å². The van der Waals surface area contributed by atoms with E-state index in [1.54, 1.807) is 0 Å². The standard InChI is InChI=1S/C14H14O2/c15-13(12-7-4-10-16-12)14(8-9-14)11-5-2-1-3-6-11/h1-3,5-7H,4,8-10H2. The topological polar surface area (TPSA) is 26.3 Å². The smallest absolute Gasteiger partial charge is 0.207 e. The van der Waals surface area contributed by atoms with Crippen molar-refractivity contribution in [1.29, 1.82) is 0 Å². The van der Waals surface area contributed by atoms with Crippen molar-refractivity contribution in [2.75, 3.05) is 6.61 Å². The minimum Gasteiger partial charge on any atom is -0.490 e. The Hall–Kier alpha value is -1.57. The second-order valence-corrected chi connectivity index (χ2v) is 4.48. The molecule has 2 heteroatoms. The molecule has 0 N–H and O–H groups in total. The number of ether oxygens (including phenoxy) is 1. The van der Waals surface area contributed by atoms with Crippen LogP contribution in [-0.2, 0) is 14.9 Å². The number of hydrogen-bond donors (Lipinski definition) is 0. The molecule has 0 bridgehead atoms. The largest absolute Gasteiger partial charge is 0.490 e. The van der Waals surface area contributed by atoms with Gasteiger partial charge < -0.3 is 4.74 Å². The third kappa shape index (κ3) is 1.37. The maximum Gasteiger partial charge on any atom is 0.207 e. The second-order valence-electron chi connectivity index (χ2n) is 4.48. The lowest BCUT2D eigenvalue weighted by Crippen LogP contribution is -2.22. The van der Waals surface area contributed by atoms with Crippen LogP contribution in [0.4, 0.5) is 0 Å². The van der Waals surface area contributed by atoms with Crippen molar-refractivity contribution in [2.24, 2.45) is 0 Å². The molecule has 1 fully saturated rings. The van der Waals surface area contributed by atoms with Gasteiger partial charge >= 0.3 is 0 Å². The van der Waals surface area contributed by atoms with Gasteiger partial charge in [0.2, 0.25) is 5.78 Å². The van der Waals surface area contributed by atoms with Crippen LogP contribution in [0.25, 0.3) is 0 Å². The first-order chi connectivity index (χ1) is 7.83. The average molecular weight is 214 g/mol. The Balaban J connectivity index is 1.92. The van der Waals surface area contributed by atoms with Gasteiger partial charge in [0.15, 0.2) is 5.76 Å². The first-order valence-electron chi connectivity index (χ1n) is 5.76. The molecule has 2 aliphatic rings. The number of Topliss-reactive ketones (excluding diaryl/α,β-unsaturated/α-hetero) is 1. The highest BCUT2D eigenvalue weighted by Gasteiger charge is 2.52. The van der Waals surface area contributed by atoms with Gasteiger partial charge in [-0.1, -0.05) is 30.3 Å². The van der Waals surface area contributed by atoms with E-state index in [2.05, 4.69) is 0 Å². The zero-order valence-electron chi connectivity index (χ0n) is 9.11. The number of allylic oxidation sites excluding steroid dienone is 1. The predicted molar refractivity (Wildman–Crippen MR) is 61.0 cm³/mol. The number of hydrogen-bond acceptors (Lipinski definition) is 2. The van der Waals surface area contributed by atoms with Crippen molar-refractivity contribution in [3.63, 3.8) is 0 Å². The van der Waals surface area contributed by atoms with E-state index in [0.717, 1.165) is 24.8 Å². The van der Waals surface area contributed by atoms with Gasteiger partial charge in [-0.15, -0.1) is 0 Å². The van der Waals surface area contributed by atoms with Gasteiger partial charge in [0.1, 0.15) is 0 Å². The molecular formula is C14H14O2. The summed E-state index contributed by atoms with van der Waals surface area (Å²) in [5, 5.41) is 0. The Labute approximate surface area is 94.9 Å². The highest BCUT2D eigenvalue weighted by atomic mass is 16.5. The Kier molecular flexibility index (Phi) is 2.10. The molecule has 1 heterocycles. The second kappa shape index (κ2) is 3.48. The molecule has 1 aromatic carbocycles.